The van der Waals surface area contributed by atoms with Crippen LogP contribution in [0.1, 0.15) is 28.8 Å². The van der Waals surface area contributed by atoms with Gasteiger partial charge in [-0.25, -0.2) is 9.79 Å². The van der Waals surface area contributed by atoms with Crippen LogP contribution in [0.3, 0.4) is 0 Å². The highest BCUT2D eigenvalue weighted by Crippen LogP contribution is 2.34. The van der Waals surface area contributed by atoms with Crippen LogP contribution in [0.4, 0.5) is 24.5 Å². The van der Waals surface area contributed by atoms with Crippen molar-refractivity contribution in [1.82, 2.24) is 0 Å². The molecule has 0 bridgehead atoms. The number of nitrogens with zero attached hydrogens (tertiary/aromatic N) is 2. The molecule has 1 aliphatic heterocycles. The highest BCUT2D eigenvalue weighted by Gasteiger charge is 2.32. The number of benzene rings is 2. The third-order valence-corrected chi connectivity index (χ3v) is 4.46. The maximum Gasteiger partial charge on any atom is 0.416 e. The second kappa shape index (κ2) is 7.92. The summed E-state index contributed by atoms with van der Waals surface area (Å²) in [5.41, 5.74) is -0.0967. The summed E-state index contributed by atoms with van der Waals surface area (Å²) >= 11 is 0. The molecule has 0 radical (unpaired) electrons. The standard InChI is InChI=1S/C20H19F3N2O3/c1-27-15-8-6-14(7-9-15)25-11-3-4-18(25)24-17-10-5-13(20(21,22)23)12-16(17)19(26)28-2/h5-10,12H,3-4,11H2,1-2H3. The number of rotatable bonds is 4. The summed E-state index contributed by atoms with van der Waals surface area (Å²) < 4.78 is 48.8. The first kappa shape index (κ1) is 19.7. The Balaban J connectivity index is 1.99. The highest BCUT2D eigenvalue weighted by molar-refractivity contribution is 6.03. The monoisotopic (exact) mass is 392 g/mol. The van der Waals surface area contributed by atoms with Gasteiger partial charge < -0.3 is 14.4 Å². The number of alkyl halides is 3. The molecule has 0 aliphatic carbocycles. The molecular formula is C20H19F3N2O3. The van der Waals surface area contributed by atoms with Gasteiger partial charge in [0.2, 0.25) is 0 Å². The molecule has 0 atom stereocenters. The lowest BCUT2D eigenvalue weighted by atomic mass is 10.1. The van der Waals surface area contributed by atoms with Gasteiger partial charge in [0.15, 0.2) is 0 Å². The summed E-state index contributed by atoms with van der Waals surface area (Å²) in [6.45, 7) is 0.722. The average Bonchev–Trinajstić information content (AvgIpc) is 3.15. The molecule has 8 heteroatoms. The van der Waals surface area contributed by atoms with E-state index in [1.807, 2.05) is 29.2 Å². The topological polar surface area (TPSA) is 51.1 Å². The van der Waals surface area contributed by atoms with Crippen LogP contribution < -0.4 is 9.64 Å². The van der Waals surface area contributed by atoms with Crippen LogP contribution in [0.25, 0.3) is 0 Å². The number of esters is 1. The van der Waals surface area contributed by atoms with Crippen molar-refractivity contribution >= 4 is 23.2 Å². The maximum atomic E-state index is 13.0. The van der Waals surface area contributed by atoms with Crippen LogP contribution in [-0.4, -0.2) is 32.6 Å². The van der Waals surface area contributed by atoms with Crippen LogP contribution in [0, 0.1) is 0 Å². The summed E-state index contributed by atoms with van der Waals surface area (Å²) in [7, 11) is 2.70. The van der Waals surface area contributed by atoms with E-state index in [1.54, 1.807) is 7.11 Å². The van der Waals surface area contributed by atoms with Crippen molar-refractivity contribution in [2.24, 2.45) is 4.99 Å². The number of hydrogen-bond acceptors (Lipinski definition) is 4. The average molecular weight is 392 g/mol. The van der Waals surface area contributed by atoms with Crippen LogP contribution in [0.5, 0.6) is 5.75 Å². The first-order valence-electron chi connectivity index (χ1n) is 8.62. The smallest absolute Gasteiger partial charge is 0.416 e. The Morgan fingerprint density at radius 1 is 1.11 bits per heavy atom. The number of hydrogen-bond donors (Lipinski definition) is 0. The van der Waals surface area contributed by atoms with Crippen molar-refractivity contribution < 1.29 is 27.4 Å². The van der Waals surface area contributed by atoms with Gasteiger partial charge in [-0.15, -0.1) is 0 Å². The third kappa shape index (κ3) is 4.11. The first-order valence-corrected chi connectivity index (χ1v) is 8.62. The number of methoxy groups -OCH3 is 2. The van der Waals surface area contributed by atoms with Crippen molar-refractivity contribution in [1.29, 1.82) is 0 Å². The number of ether oxygens (including phenoxy) is 2. The molecule has 0 amide bonds. The van der Waals surface area contributed by atoms with Gasteiger partial charge in [0.05, 0.1) is 31.0 Å². The fraction of sp³-hybridized carbons (Fsp3) is 0.300. The minimum Gasteiger partial charge on any atom is -0.497 e. The Morgan fingerprint density at radius 2 is 1.82 bits per heavy atom. The van der Waals surface area contributed by atoms with Crippen molar-refractivity contribution in [2.45, 2.75) is 19.0 Å². The number of anilines is 1. The Labute approximate surface area is 160 Å². The molecule has 148 valence electrons. The Bertz CT molecular complexity index is 893. The predicted octanol–water partition coefficient (Wildman–Crippen LogP) is 4.83. The molecule has 2 aromatic rings. The lowest BCUT2D eigenvalue weighted by Gasteiger charge is -2.20. The van der Waals surface area contributed by atoms with E-state index >= 15 is 0 Å². The predicted molar refractivity (Wildman–Crippen MR) is 99.5 cm³/mol. The van der Waals surface area contributed by atoms with Crippen molar-refractivity contribution in [3.05, 3.63) is 53.6 Å². The lowest BCUT2D eigenvalue weighted by Crippen LogP contribution is -2.24. The maximum absolute atomic E-state index is 13.0. The summed E-state index contributed by atoms with van der Waals surface area (Å²) in [5.74, 6) is 0.534. The van der Waals surface area contributed by atoms with Gasteiger partial charge in [0, 0.05) is 18.7 Å². The summed E-state index contributed by atoms with van der Waals surface area (Å²) in [5, 5.41) is 0. The van der Waals surface area contributed by atoms with Gasteiger partial charge >= 0.3 is 12.1 Å². The lowest BCUT2D eigenvalue weighted by molar-refractivity contribution is -0.137. The van der Waals surface area contributed by atoms with E-state index in [1.165, 1.54) is 6.07 Å². The number of aliphatic imine (C=N–C) groups is 1. The van der Waals surface area contributed by atoms with Crippen molar-refractivity contribution in [2.75, 3.05) is 25.7 Å². The van der Waals surface area contributed by atoms with E-state index in [9.17, 15) is 18.0 Å². The molecule has 1 heterocycles. The molecule has 1 fully saturated rings. The molecule has 1 aliphatic rings. The second-order valence-corrected chi connectivity index (χ2v) is 6.20. The molecule has 1 saturated heterocycles. The van der Waals surface area contributed by atoms with Crippen molar-refractivity contribution in [3.8, 4) is 5.75 Å². The van der Waals surface area contributed by atoms with Gasteiger partial charge in [0.25, 0.3) is 0 Å². The molecule has 0 saturated carbocycles. The van der Waals surface area contributed by atoms with E-state index in [-0.39, 0.29) is 11.3 Å². The molecule has 0 N–H and O–H groups in total. The SMILES string of the molecule is COC(=O)c1cc(C(F)(F)F)ccc1N=C1CCCN1c1ccc(OC)cc1. The van der Waals surface area contributed by atoms with Crippen molar-refractivity contribution in [3.63, 3.8) is 0 Å². The minimum atomic E-state index is -4.56. The summed E-state index contributed by atoms with van der Waals surface area (Å²) in [6.07, 6.45) is -3.07. The van der Waals surface area contributed by atoms with Gasteiger partial charge in [-0.05, 0) is 48.9 Å². The van der Waals surface area contributed by atoms with E-state index in [2.05, 4.69) is 9.73 Å². The zero-order chi connectivity index (χ0) is 20.3. The Kier molecular flexibility index (Phi) is 5.58. The van der Waals surface area contributed by atoms with Gasteiger partial charge in [-0.2, -0.15) is 13.2 Å². The van der Waals surface area contributed by atoms with Gasteiger partial charge in [0.1, 0.15) is 11.6 Å². The fourth-order valence-corrected chi connectivity index (χ4v) is 3.04. The molecule has 2 aromatic carbocycles. The number of carbonyl (C=O) groups is 1. The van der Waals surface area contributed by atoms with E-state index in [4.69, 9.17) is 4.74 Å². The molecule has 3 rings (SSSR count). The molecule has 0 spiro atoms. The summed E-state index contributed by atoms with van der Waals surface area (Å²) in [4.78, 5) is 18.5. The second-order valence-electron chi connectivity index (χ2n) is 6.20. The number of halogens is 3. The zero-order valence-corrected chi connectivity index (χ0v) is 15.4. The van der Waals surface area contributed by atoms with Crippen LogP contribution in [0.2, 0.25) is 0 Å². The molecule has 5 nitrogen and oxygen atoms in total. The first-order chi connectivity index (χ1) is 13.3. The van der Waals surface area contributed by atoms with Crippen LogP contribution in [0.15, 0.2) is 47.5 Å². The normalized spacial score (nSPS) is 15.8. The third-order valence-electron chi connectivity index (χ3n) is 4.46. The fourth-order valence-electron chi connectivity index (χ4n) is 3.04. The molecule has 0 aromatic heterocycles. The Hall–Kier alpha value is -3.03. The Morgan fingerprint density at radius 3 is 2.43 bits per heavy atom. The molecular weight excluding hydrogens is 373 g/mol. The quantitative estimate of drug-likeness (QED) is 0.700. The number of carbonyl (C=O) groups excluding carboxylic acids is 1. The van der Waals surface area contributed by atoms with E-state index in [0.717, 1.165) is 43.6 Å². The minimum absolute atomic E-state index is 0.148. The van der Waals surface area contributed by atoms with E-state index in [0.29, 0.717) is 12.3 Å². The summed E-state index contributed by atoms with van der Waals surface area (Å²) in [6, 6.07) is 10.3. The van der Waals surface area contributed by atoms with Gasteiger partial charge in [-0.1, -0.05) is 0 Å². The van der Waals surface area contributed by atoms with Crippen LogP contribution in [-0.2, 0) is 10.9 Å². The molecule has 0 unspecified atom stereocenters. The zero-order valence-electron chi connectivity index (χ0n) is 15.4. The highest BCUT2D eigenvalue weighted by atomic mass is 19.4. The number of amidine groups is 1. The molecule has 28 heavy (non-hydrogen) atoms. The van der Waals surface area contributed by atoms with Gasteiger partial charge in [-0.3, -0.25) is 0 Å². The van der Waals surface area contributed by atoms with Crippen LogP contribution >= 0.6 is 0 Å². The largest absolute Gasteiger partial charge is 0.497 e. The van der Waals surface area contributed by atoms with E-state index < -0.39 is 17.7 Å².